The van der Waals surface area contributed by atoms with Gasteiger partial charge < -0.3 is 15.2 Å². The summed E-state index contributed by atoms with van der Waals surface area (Å²) < 4.78 is 6.45. The Morgan fingerprint density at radius 2 is 2.04 bits per heavy atom. The monoisotopic (exact) mass is 340 g/mol. The van der Waals surface area contributed by atoms with Crippen molar-refractivity contribution in [3.63, 3.8) is 0 Å². The minimum atomic E-state index is -0.371. The summed E-state index contributed by atoms with van der Waals surface area (Å²) in [6.45, 7) is 2.04. The summed E-state index contributed by atoms with van der Waals surface area (Å²) in [6.07, 6.45) is 2.53. The number of imidazole rings is 1. The van der Waals surface area contributed by atoms with E-state index in [0.717, 1.165) is 23.3 Å². The summed E-state index contributed by atoms with van der Waals surface area (Å²) >= 11 is 0. The molecule has 0 fully saturated rings. The standard InChI is InChI=1S/C18H20N4O3/c1-3-14(11-23)20-16-8-9-17-19-10-15(22(17)21-16)12-4-6-13(7-5-12)18(24)25-2/h4-10,14,23H,3,11H2,1-2H3,(H,20,21). The van der Waals surface area contributed by atoms with Gasteiger partial charge in [-0.05, 0) is 30.7 Å². The van der Waals surface area contributed by atoms with Gasteiger partial charge in [-0.15, -0.1) is 5.10 Å². The maximum Gasteiger partial charge on any atom is 0.337 e. The van der Waals surface area contributed by atoms with Crippen molar-refractivity contribution >= 4 is 17.4 Å². The van der Waals surface area contributed by atoms with Gasteiger partial charge in [-0.2, -0.15) is 0 Å². The normalized spacial score (nSPS) is 12.1. The number of methoxy groups -OCH3 is 1. The summed E-state index contributed by atoms with van der Waals surface area (Å²) in [5, 5.41) is 17.1. The average Bonchev–Trinajstić information content (AvgIpc) is 3.08. The summed E-state index contributed by atoms with van der Waals surface area (Å²) in [7, 11) is 1.36. The predicted octanol–water partition coefficient (Wildman–Crippen LogP) is 2.37. The first-order chi connectivity index (χ1) is 12.2. The van der Waals surface area contributed by atoms with Crippen LogP contribution in [0.25, 0.3) is 16.9 Å². The molecule has 0 aliphatic heterocycles. The van der Waals surface area contributed by atoms with E-state index in [9.17, 15) is 9.90 Å². The third kappa shape index (κ3) is 3.46. The van der Waals surface area contributed by atoms with E-state index in [1.807, 2.05) is 31.2 Å². The number of hydrogen-bond donors (Lipinski definition) is 2. The molecule has 2 heterocycles. The number of fused-ring (bicyclic) bond motifs is 1. The summed E-state index contributed by atoms with van der Waals surface area (Å²) in [6, 6.07) is 10.7. The topological polar surface area (TPSA) is 88.8 Å². The lowest BCUT2D eigenvalue weighted by molar-refractivity contribution is 0.0601. The third-order valence-electron chi connectivity index (χ3n) is 4.03. The third-order valence-corrected chi connectivity index (χ3v) is 4.03. The van der Waals surface area contributed by atoms with Crippen LogP contribution in [0.2, 0.25) is 0 Å². The Labute approximate surface area is 145 Å². The van der Waals surface area contributed by atoms with Crippen molar-refractivity contribution in [3.05, 3.63) is 48.2 Å². The number of carbonyl (C=O) groups is 1. The molecule has 130 valence electrons. The number of hydrogen-bond acceptors (Lipinski definition) is 6. The highest BCUT2D eigenvalue weighted by Crippen LogP contribution is 2.22. The van der Waals surface area contributed by atoms with Crippen molar-refractivity contribution in [3.8, 4) is 11.3 Å². The second kappa shape index (κ2) is 7.31. The summed E-state index contributed by atoms with van der Waals surface area (Å²) in [5.41, 5.74) is 2.91. The van der Waals surface area contributed by atoms with Crippen molar-refractivity contribution in [2.75, 3.05) is 19.0 Å². The lowest BCUT2D eigenvalue weighted by atomic mass is 10.1. The summed E-state index contributed by atoms with van der Waals surface area (Å²) in [5.74, 6) is 0.294. The van der Waals surface area contributed by atoms with Crippen LogP contribution in [0.15, 0.2) is 42.6 Å². The van der Waals surface area contributed by atoms with Crippen LogP contribution in [-0.2, 0) is 4.74 Å². The smallest absolute Gasteiger partial charge is 0.337 e. The van der Waals surface area contributed by atoms with Crippen molar-refractivity contribution in [1.29, 1.82) is 0 Å². The zero-order valence-electron chi connectivity index (χ0n) is 14.1. The number of benzene rings is 1. The molecule has 1 aromatic carbocycles. The molecule has 1 unspecified atom stereocenters. The van der Waals surface area contributed by atoms with Gasteiger partial charge in [-0.25, -0.2) is 14.3 Å². The molecule has 0 amide bonds. The zero-order valence-corrected chi connectivity index (χ0v) is 14.1. The Balaban J connectivity index is 1.95. The van der Waals surface area contributed by atoms with Crippen LogP contribution in [0.5, 0.6) is 0 Å². The van der Waals surface area contributed by atoms with Crippen LogP contribution in [0.3, 0.4) is 0 Å². The molecule has 7 heteroatoms. The Hall–Kier alpha value is -2.93. The number of aromatic nitrogens is 3. The van der Waals surface area contributed by atoms with Crippen LogP contribution in [0, 0.1) is 0 Å². The molecule has 0 saturated heterocycles. The van der Waals surface area contributed by atoms with Gasteiger partial charge in [-0.3, -0.25) is 0 Å². The molecule has 3 aromatic rings. The lowest BCUT2D eigenvalue weighted by Crippen LogP contribution is -2.23. The Morgan fingerprint density at radius 3 is 2.68 bits per heavy atom. The van der Waals surface area contributed by atoms with Gasteiger partial charge in [0.15, 0.2) is 5.65 Å². The molecule has 3 rings (SSSR count). The van der Waals surface area contributed by atoms with E-state index in [0.29, 0.717) is 11.4 Å². The van der Waals surface area contributed by atoms with Crippen molar-refractivity contribution in [1.82, 2.24) is 14.6 Å². The number of anilines is 1. The number of carbonyl (C=O) groups excluding carboxylic acids is 1. The second-order valence-electron chi connectivity index (χ2n) is 5.63. The number of nitrogens with zero attached hydrogens (tertiary/aromatic N) is 3. The Bertz CT molecular complexity index is 870. The van der Waals surface area contributed by atoms with Crippen molar-refractivity contribution in [2.24, 2.45) is 0 Å². The molecule has 0 aliphatic carbocycles. The maximum atomic E-state index is 11.5. The SMILES string of the molecule is CCC(CO)Nc1ccc2ncc(-c3ccc(C(=O)OC)cc3)n2n1. The zero-order chi connectivity index (χ0) is 17.8. The van der Waals surface area contributed by atoms with E-state index in [-0.39, 0.29) is 18.6 Å². The number of rotatable bonds is 6. The van der Waals surface area contributed by atoms with Crippen LogP contribution >= 0.6 is 0 Å². The van der Waals surface area contributed by atoms with Crippen molar-refractivity contribution in [2.45, 2.75) is 19.4 Å². The van der Waals surface area contributed by atoms with E-state index in [2.05, 4.69) is 15.4 Å². The predicted molar refractivity (Wildman–Crippen MR) is 94.6 cm³/mol. The number of nitrogens with one attached hydrogen (secondary N) is 1. The fourth-order valence-corrected chi connectivity index (χ4v) is 2.53. The van der Waals surface area contributed by atoms with Gasteiger partial charge in [0.25, 0.3) is 0 Å². The van der Waals surface area contributed by atoms with E-state index in [4.69, 9.17) is 4.74 Å². The van der Waals surface area contributed by atoms with E-state index in [1.165, 1.54) is 7.11 Å². The van der Waals surface area contributed by atoms with E-state index >= 15 is 0 Å². The van der Waals surface area contributed by atoms with Crippen LogP contribution in [0.4, 0.5) is 5.82 Å². The van der Waals surface area contributed by atoms with Gasteiger partial charge in [0.2, 0.25) is 0 Å². The molecule has 2 aromatic heterocycles. The molecule has 0 spiro atoms. The maximum absolute atomic E-state index is 11.5. The van der Waals surface area contributed by atoms with Gasteiger partial charge in [0, 0.05) is 5.56 Å². The quantitative estimate of drug-likeness (QED) is 0.670. The average molecular weight is 340 g/mol. The van der Waals surface area contributed by atoms with Crippen LogP contribution in [0.1, 0.15) is 23.7 Å². The van der Waals surface area contributed by atoms with E-state index in [1.54, 1.807) is 22.8 Å². The number of esters is 1. The van der Waals surface area contributed by atoms with Crippen molar-refractivity contribution < 1.29 is 14.6 Å². The Kier molecular flexibility index (Phi) is 4.95. The highest BCUT2D eigenvalue weighted by Gasteiger charge is 2.11. The van der Waals surface area contributed by atoms with E-state index < -0.39 is 0 Å². The molecule has 1 atom stereocenters. The number of ether oxygens (including phenoxy) is 1. The molecule has 0 aliphatic rings. The fourth-order valence-electron chi connectivity index (χ4n) is 2.53. The second-order valence-corrected chi connectivity index (χ2v) is 5.63. The largest absolute Gasteiger partial charge is 0.465 e. The first-order valence-electron chi connectivity index (χ1n) is 8.07. The molecule has 25 heavy (non-hydrogen) atoms. The molecule has 0 radical (unpaired) electrons. The van der Waals surface area contributed by atoms with Gasteiger partial charge >= 0.3 is 5.97 Å². The number of aliphatic hydroxyl groups is 1. The molecule has 7 nitrogen and oxygen atoms in total. The van der Waals surface area contributed by atoms with Gasteiger partial charge in [0.1, 0.15) is 5.82 Å². The molecule has 0 bridgehead atoms. The number of aliphatic hydroxyl groups excluding tert-OH is 1. The first-order valence-corrected chi connectivity index (χ1v) is 8.07. The van der Waals surface area contributed by atoms with Gasteiger partial charge in [0.05, 0.1) is 37.2 Å². The van der Waals surface area contributed by atoms with Gasteiger partial charge in [-0.1, -0.05) is 19.1 Å². The molecule has 2 N–H and O–H groups in total. The molecular weight excluding hydrogens is 320 g/mol. The first kappa shape index (κ1) is 16.9. The Morgan fingerprint density at radius 1 is 1.28 bits per heavy atom. The lowest BCUT2D eigenvalue weighted by Gasteiger charge is -2.14. The van der Waals surface area contributed by atoms with Crippen LogP contribution in [-0.4, -0.2) is 45.4 Å². The minimum Gasteiger partial charge on any atom is -0.465 e. The fraction of sp³-hybridized carbons (Fsp3) is 0.278. The highest BCUT2D eigenvalue weighted by atomic mass is 16.5. The highest BCUT2D eigenvalue weighted by molar-refractivity contribution is 5.89. The minimum absolute atomic E-state index is 0.0436. The molecule has 0 saturated carbocycles. The molecular formula is C18H20N4O3. The van der Waals surface area contributed by atoms with Crippen LogP contribution < -0.4 is 5.32 Å². The summed E-state index contributed by atoms with van der Waals surface area (Å²) in [4.78, 5) is 15.9.